The number of carbonyl (C=O) groups excluding carboxylic acids is 3. The van der Waals surface area contributed by atoms with Crippen molar-refractivity contribution >= 4 is 24.0 Å². The Kier molecular flexibility index (Phi) is 8.17. The Morgan fingerprint density at radius 1 is 1.14 bits per heavy atom. The Labute approximate surface area is 205 Å². The fraction of sp³-hybridized carbons (Fsp3) is 0.370. The number of aromatic hydroxyl groups is 1. The summed E-state index contributed by atoms with van der Waals surface area (Å²) in [6.07, 6.45) is 4.33. The van der Waals surface area contributed by atoms with Crippen LogP contribution in [0.1, 0.15) is 66.6 Å². The van der Waals surface area contributed by atoms with Crippen molar-refractivity contribution in [2.24, 2.45) is 5.73 Å². The van der Waals surface area contributed by atoms with Crippen molar-refractivity contribution in [3.05, 3.63) is 70.8 Å². The summed E-state index contributed by atoms with van der Waals surface area (Å²) in [6.45, 7) is 7.15. The number of nitrogens with one attached hydrogen (secondary N) is 1. The number of amides is 3. The van der Waals surface area contributed by atoms with Crippen LogP contribution in [0, 0.1) is 0 Å². The molecule has 1 heterocycles. The maximum absolute atomic E-state index is 12.6. The molecule has 186 valence electrons. The minimum absolute atomic E-state index is 0.0419. The molecule has 0 aromatic heterocycles. The third-order valence-electron chi connectivity index (χ3n) is 5.77. The van der Waals surface area contributed by atoms with E-state index in [1.807, 2.05) is 32.9 Å². The number of rotatable bonds is 6. The number of piperidine rings is 1. The Morgan fingerprint density at radius 2 is 1.86 bits per heavy atom. The Morgan fingerprint density at radius 3 is 2.49 bits per heavy atom. The highest BCUT2D eigenvalue weighted by Crippen LogP contribution is 2.29. The molecule has 0 radical (unpaired) electrons. The predicted octanol–water partition coefficient (Wildman–Crippen LogP) is 3.94. The van der Waals surface area contributed by atoms with Gasteiger partial charge >= 0.3 is 6.09 Å². The Bertz CT molecular complexity index is 1110. The van der Waals surface area contributed by atoms with E-state index in [2.05, 4.69) is 17.4 Å². The van der Waals surface area contributed by atoms with Crippen molar-refractivity contribution < 1.29 is 24.2 Å². The van der Waals surface area contributed by atoms with Crippen molar-refractivity contribution in [3.8, 4) is 5.75 Å². The van der Waals surface area contributed by atoms with E-state index < -0.39 is 17.6 Å². The maximum atomic E-state index is 12.6. The number of nitrogens with two attached hydrogens (primary N) is 1. The number of alkyl carbamates (subject to hydrolysis) is 1. The highest BCUT2D eigenvalue weighted by Gasteiger charge is 2.23. The van der Waals surface area contributed by atoms with Crippen LogP contribution in [-0.4, -0.2) is 46.6 Å². The molecule has 1 aliphatic heterocycles. The van der Waals surface area contributed by atoms with Crippen molar-refractivity contribution in [1.29, 1.82) is 0 Å². The van der Waals surface area contributed by atoms with Gasteiger partial charge in [0.05, 0.1) is 5.56 Å². The molecule has 1 saturated heterocycles. The lowest BCUT2D eigenvalue weighted by Crippen LogP contribution is -2.36. The van der Waals surface area contributed by atoms with Gasteiger partial charge in [-0.05, 0) is 74.4 Å². The highest BCUT2D eigenvalue weighted by atomic mass is 16.6. The zero-order valence-electron chi connectivity index (χ0n) is 20.4. The number of carbonyl (C=O) groups is 3. The molecule has 1 fully saturated rings. The molecule has 3 rings (SSSR count). The van der Waals surface area contributed by atoms with Gasteiger partial charge in [0, 0.05) is 25.7 Å². The van der Waals surface area contributed by atoms with Crippen LogP contribution >= 0.6 is 0 Å². The van der Waals surface area contributed by atoms with E-state index in [1.54, 1.807) is 17.0 Å². The van der Waals surface area contributed by atoms with Crippen molar-refractivity contribution in [1.82, 2.24) is 10.2 Å². The van der Waals surface area contributed by atoms with Crippen LogP contribution in [-0.2, 0) is 16.1 Å². The van der Waals surface area contributed by atoms with Crippen LogP contribution < -0.4 is 11.1 Å². The van der Waals surface area contributed by atoms with Gasteiger partial charge in [-0.25, -0.2) is 4.79 Å². The van der Waals surface area contributed by atoms with Gasteiger partial charge in [-0.2, -0.15) is 0 Å². The maximum Gasteiger partial charge on any atom is 0.407 e. The summed E-state index contributed by atoms with van der Waals surface area (Å²) in [7, 11) is 0. The van der Waals surface area contributed by atoms with E-state index in [4.69, 9.17) is 10.5 Å². The number of phenols is 1. The first-order valence-corrected chi connectivity index (χ1v) is 11.7. The first-order valence-electron chi connectivity index (χ1n) is 11.7. The molecule has 0 bridgehead atoms. The molecule has 8 heteroatoms. The first kappa shape index (κ1) is 25.8. The number of nitrogens with zero attached hydrogens (tertiary/aromatic N) is 1. The highest BCUT2D eigenvalue weighted by molar-refractivity contribution is 5.96. The van der Waals surface area contributed by atoms with Crippen LogP contribution in [0.15, 0.2) is 48.5 Å². The van der Waals surface area contributed by atoms with Crippen LogP contribution in [0.25, 0.3) is 6.08 Å². The fourth-order valence-corrected chi connectivity index (χ4v) is 4.01. The lowest BCUT2D eigenvalue weighted by atomic mass is 9.88. The molecule has 0 atom stereocenters. The van der Waals surface area contributed by atoms with E-state index in [-0.39, 0.29) is 17.2 Å². The zero-order chi connectivity index (χ0) is 25.6. The quantitative estimate of drug-likeness (QED) is 0.542. The van der Waals surface area contributed by atoms with Gasteiger partial charge in [0.2, 0.25) is 5.91 Å². The molecule has 1 aliphatic rings. The minimum atomic E-state index is -0.707. The number of ether oxygens (including phenoxy) is 1. The Balaban J connectivity index is 1.52. The second-order valence-electron chi connectivity index (χ2n) is 9.67. The largest absolute Gasteiger partial charge is 0.507 e. The molecular formula is C27H33N3O5. The van der Waals surface area contributed by atoms with Crippen molar-refractivity contribution in [3.63, 3.8) is 0 Å². The average Bonchev–Trinajstić information content (AvgIpc) is 2.80. The normalized spacial score (nSPS) is 14.7. The third kappa shape index (κ3) is 7.60. The van der Waals surface area contributed by atoms with Gasteiger partial charge < -0.3 is 25.8 Å². The smallest absolute Gasteiger partial charge is 0.407 e. The zero-order valence-corrected chi connectivity index (χ0v) is 20.4. The number of hydrogen-bond acceptors (Lipinski definition) is 5. The van der Waals surface area contributed by atoms with Gasteiger partial charge in [0.1, 0.15) is 11.4 Å². The summed E-state index contributed by atoms with van der Waals surface area (Å²) < 4.78 is 5.28. The molecule has 35 heavy (non-hydrogen) atoms. The SMILES string of the molecule is CC(C)(C)OC(=O)NCc1cccc(C2CCN(C(=O)C=Cc3ccc(C(N)=O)c(O)c3)CC2)c1. The second kappa shape index (κ2) is 11.1. The van der Waals surface area contributed by atoms with Gasteiger partial charge in [0.25, 0.3) is 5.91 Å². The number of benzene rings is 2. The van der Waals surface area contributed by atoms with Gasteiger partial charge in [-0.3, -0.25) is 9.59 Å². The topological polar surface area (TPSA) is 122 Å². The molecule has 0 spiro atoms. The molecule has 4 N–H and O–H groups in total. The molecule has 0 unspecified atom stereocenters. The standard InChI is InChI=1S/C27H33N3O5/c1-27(2,3)35-26(34)29-17-19-5-4-6-21(15-19)20-11-13-30(14-12-20)24(32)10-8-18-7-9-22(25(28)33)23(31)16-18/h4-10,15-16,20,31H,11-14,17H2,1-3H3,(H2,28,33)(H,29,34). The molecule has 2 aromatic rings. The molecule has 0 saturated carbocycles. The van der Waals surface area contributed by atoms with E-state index in [0.717, 1.165) is 18.4 Å². The van der Waals surface area contributed by atoms with E-state index in [9.17, 15) is 19.5 Å². The molecule has 8 nitrogen and oxygen atoms in total. The number of primary amides is 1. The van der Waals surface area contributed by atoms with Crippen LogP contribution in [0.4, 0.5) is 4.79 Å². The fourth-order valence-electron chi connectivity index (χ4n) is 4.01. The van der Waals surface area contributed by atoms with Crippen molar-refractivity contribution in [2.75, 3.05) is 13.1 Å². The summed E-state index contributed by atoms with van der Waals surface area (Å²) in [5.74, 6) is -0.682. The molecular weight excluding hydrogens is 446 g/mol. The molecule has 0 aliphatic carbocycles. The number of likely N-dealkylation sites (tertiary alicyclic amines) is 1. The van der Waals surface area contributed by atoms with Gasteiger partial charge in [-0.1, -0.05) is 30.3 Å². The van der Waals surface area contributed by atoms with Gasteiger partial charge in [-0.15, -0.1) is 0 Å². The monoisotopic (exact) mass is 479 g/mol. The average molecular weight is 480 g/mol. The van der Waals surface area contributed by atoms with Crippen LogP contribution in [0.5, 0.6) is 5.75 Å². The summed E-state index contributed by atoms with van der Waals surface area (Å²) in [5, 5.41) is 12.7. The van der Waals surface area contributed by atoms with E-state index >= 15 is 0 Å². The molecule has 3 amide bonds. The predicted molar refractivity (Wildman–Crippen MR) is 134 cm³/mol. The second-order valence-corrected chi connectivity index (χ2v) is 9.67. The Hall–Kier alpha value is -3.81. The van der Waals surface area contributed by atoms with E-state index in [0.29, 0.717) is 31.1 Å². The number of hydrogen-bond donors (Lipinski definition) is 3. The summed E-state index contributed by atoms with van der Waals surface area (Å²) >= 11 is 0. The minimum Gasteiger partial charge on any atom is -0.507 e. The van der Waals surface area contributed by atoms with Crippen LogP contribution in [0.2, 0.25) is 0 Å². The lowest BCUT2D eigenvalue weighted by Gasteiger charge is -2.31. The summed E-state index contributed by atoms with van der Waals surface area (Å²) in [5.41, 5.74) is 7.50. The summed E-state index contributed by atoms with van der Waals surface area (Å²) in [4.78, 5) is 37.6. The van der Waals surface area contributed by atoms with Gasteiger partial charge in [0.15, 0.2) is 0 Å². The van der Waals surface area contributed by atoms with Crippen LogP contribution in [0.3, 0.4) is 0 Å². The van der Waals surface area contributed by atoms with E-state index in [1.165, 1.54) is 23.8 Å². The molecule has 2 aromatic carbocycles. The third-order valence-corrected chi connectivity index (χ3v) is 5.77. The first-order chi connectivity index (χ1) is 16.5. The summed E-state index contributed by atoms with van der Waals surface area (Å²) in [6, 6.07) is 12.6. The lowest BCUT2D eigenvalue weighted by molar-refractivity contribution is -0.126. The van der Waals surface area contributed by atoms with Crippen molar-refractivity contribution in [2.45, 2.75) is 51.7 Å².